The van der Waals surface area contributed by atoms with Crippen molar-refractivity contribution >= 4 is 11.7 Å². The summed E-state index contributed by atoms with van der Waals surface area (Å²) in [5, 5.41) is 2.55. The van der Waals surface area contributed by atoms with Gasteiger partial charge in [-0.05, 0) is 24.6 Å². The molecule has 18 heavy (non-hydrogen) atoms. The zero-order chi connectivity index (χ0) is 13.0. The Morgan fingerprint density at radius 3 is 2.67 bits per heavy atom. The summed E-state index contributed by atoms with van der Waals surface area (Å²) in [4.78, 5) is 23.4. The summed E-state index contributed by atoms with van der Waals surface area (Å²) < 4.78 is 10.7. The summed E-state index contributed by atoms with van der Waals surface area (Å²) in [5.41, 5.74) is 0.313. The van der Waals surface area contributed by atoms with Crippen molar-refractivity contribution in [2.24, 2.45) is 0 Å². The zero-order valence-electron chi connectivity index (χ0n) is 10.2. The van der Waals surface area contributed by atoms with Crippen molar-refractivity contribution in [1.82, 2.24) is 5.32 Å². The number of carbonyl (C=O) groups excluding carboxylic acids is 2. The third kappa shape index (κ3) is 2.61. The lowest BCUT2D eigenvalue weighted by atomic mass is 10.1. The van der Waals surface area contributed by atoms with Gasteiger partial charge in [0.05, 0.1) is 0 Å². The monoisotopic (exact) mass is 249 g/mol. The van der Waals surface area contributed by atoms with E-state index in [9.17, 15) is 9.59 Å². The average molecular weight is 249 g/mol. The van der Waals surface area contributed by atoms with E-state index in [0.717, 1.165) is 6.42 Å². The summed E-state index contributed by atoms with van der Waals surface area (Å²) in [6.45, 7) is 3.37. The maximum absolute atomic E-state index is 11.8. The van der Waals surface area contributed by atoms with E-state index in [1.807, 2.05) is 6.92 Å². The summed E-state index contributed by atoms with van der Waals surface area (Å²) in [5.74, 6) is -0.0314. The van der Waals surface area contributed by atoms with Gasteiger partial charge in [0.2, 0.25) is 5.78 Å². The topological polar surface area (TPSA) is 64.6 Å². The van der Waals surface area contributed by atoms with Crippen LogP contribution in [0.3, 0.4) is 0 Å². The van der Waals surface area contributed by atoms with E-state index >= 15 is 0 Å². The van der Waals surface area contributed by atoms with E-state index in [1.165, 1.54) is 0 Å². The standard InChI is InChI=1S/C13H15NO4/c1-2-5-14-13(16)12(15)9-3-4-10-11(8-9)18-7-6-17-10/h3-4,8H,2,5-7H2,1H3,(H,14,16). The molecule has 1 aromatic rings. The Morgan fingerprint density at radius 1 is 1.22 bits per heavy atom. The number of ketones is 1. The Balaban J connectivity index is 2.13. The largest absolute Gasteiger partial charge is 0.486 e. The predicted molar refractivity (Wildman–Crippen MR) is 65.1 cm³/mol. The first-order chi connectivity index (χ1) is 8.72. The molecule has 96 valence electrons. The molecule has 0 atom stereocenters. The van der Waals surface area contributed by atoms with Crippen LogP contribution in [0.5, 0.6) is 11.5 Å². The third-order valence-corrected chi connectivity index (χ3v) is 2.55. The van der Waals surface area contributed by atoms with Crippen LogP contribution in [0.4, 0.5) is 0 Å². The van der Waals surface area contributed by atoms with Crippen molar-refractivity contribution in [3.63, 3.8) is 0 Å². The minimum Gasteiger partial charge on any atom is -0.486 e. The molecule has 2 rings (SSSR count). The molecule has 1 N–H and O–H groups in total. The molecule has 1 aliphatic rings. The highest BCUT2D eigenvalue weighted by atomic mass is 16.6. The van der Waals surface area contributed by atoms with Gasteiger partial charge in [-0.15, -0.1) is 0 Å². The van der Waals surface area contributed by atoms with Gasteiger partial charge in [-0.1, -0.05) is 6.92 Å². The van der Waals surface area contributed by atoms with E-state index in [2.05, 4.69) is 5.32 Å². The van der Waals surface area contributed by atoms with Gasteiger partial charge >= 0.3 is 0 Å². The van der Waals surface area contributed by atoms with Crippen molar-refractivity contribution in [1.29, 1.82) is 0 Å². The van der Waals surface area contributed by atoms with Gasteiger partial charge in [-0.25, -0.2) is 0 Å². The first-order valence-electron chi connectivity index (χ1n) is 5.94. The van der Waals surface area contributed by atoms with Crippen molar-refractivity contribution in [2.75, 3.05) is 19.8 Å². The smallest absolute Gasteiger partial charge is 0.292 e. The molecule has 0 unspecified atom stereocenters. The number of benzene rings is 1. The second-order valence-electron chi connectivity index (χ2n) is 3.94. The molecular weight excluding hydrogens is 234 g/mol. The molecule has 0 saturated carbocycles. The van der Waals surface area contributed by atoms with Gasteiger partial charge in [0.25, 0.3) is 5.91 Å². The fourth-order valence-electron chi connectivity index (χ4n) is 1.63. The first-order valence-corrected chi connectivity index (χ1v) is 5.94. The van der Waals surface area contributed by atoms with Gasteiger partial charge in [0.1, 0.15) is 13.2 Å². The fraction of sp³-hybridized carbons (Fsp3) is 0.385. The number of nitrogens with one attached hydrogen (secondary N) is 1. The molecule has 0 aliphatic carbocycles. The van der Waals surface area contributed by atoms with Gasteiger partial charge in [-0.2, -0.15) is 0 Å². The fourth-order valence-corrected chi connectivity index (χ4v) is 1.63. The lowest BCUT2D eigenvalue weighted by Gasteiger charge is -2.18. The molecule has 1 aliphatic heterocycles. The van der Waals surface area contributed by atoms with Crippen LogP contribution in [-0.2, 0) is 4.79 Å². The van der Waals surface area contributed by atoms with Crippen molar-refractivity contribution in [3.05, 3.63) is 23.8 Å². The number of carbonyl (C=O) groups is 2. The Bertz CT molecular complexity index is 470. The molecule has 5 nitrogen and oxygen atoms in total. The Morgan fingerprint density at radius 2 is 1.94 bits per heavy atom. The SMILES string of the molecule is CCCNC(=O)C(=O)c1ccc2c(c1)OCCO2. The van der Waals surface area contributed by atoms with Crippen LogP contribution in [0, 0.1) is 0 Å². The molecule has 5 heteroatoms. The van der Waals surface area contributed by atoms with Crippen molar-refractivity contribution in [2.45, 2.75) is 13.3 Å². The maximum Gasteiger partial charge on any atom is 0.292 e. The number of amides is 1. The predicted octanol–water partition coefficient (Wildman–Crippen LogP) is 1.17. The molecule has 0 fully saturated rings. The van der Waals surface area contributed by atoms with Gasteiger partial charge in [0.15, 0.2) is 11.5 Å². The highest BCUT2D eigenvalue weighted by molar-refractivity contribution is 6.42. The number of Topliss-reactive ketones (excluding diaryl/α,β-unsaturated/α-hetero) is 1. The Labute approximate surface area is 105 Å². The van der Waals surface area contributed by atoms with Crippen LogP contribution in [0.15, 0.2) is 18.2 Å². The molecule has 0 aromatic heterocycles. The second-order valence-corrected chi connectivity index (χ2v) is 3.94. The van der Waals surface area contributed by atoms with Gasteiger partial charge in [-0.3, -0.25) is 9.59 Å². The zero-order valence-corrected chi connectivity index (χ0v) is 10.2. The highest BCUT2D eigenvalue weighted by Gasteiger charge is 2.19. The third-order valence-electron chi connectivity index (χ3n) is 2.55. The summed E-state index contributed by atoms with van der Waals surface area (Å²) in [6, 6.07) is 4.76. The van der Waals surface area contributed by atoms with Crippen molar-refractivity contribution < 1.29 is 19.1 Å². The number of hydrogen-bond donors (Lipinski definition) is 1. The Kier molecular flexibility index (Phi) is 3.82. The normalized spacial score (nSPS) is 12.9. The molecule has 0 bridgehead atoms. The van der Waals surface area contributed by atoms with E-state index in [4.69, 9.17) is 9.47 Å². The molecule has 0 spiro atoms. The highest BCUT2D eigenvalue weighted by Crippen LogP contribution is 2.30. The van der Waals surface area contributed by atoms with Crippen LogP contribution >= 0.6 is 0 Å². The summed E-state index contributed by atoms with van der Waals surface area (Å²) >= 11 is 0. The average Bonchev–Trinajstić information content (AvgIpc) is 2.43. The summed E-state index contributed by atoms with van der Waals surface area (Å²) in [7, 11) is 0. The maximum atomic E-state index is 11.8. The minimum absolute atomic E-state index is 0.313. The molecule has 0 radical (unpaired) electrons. The van der Waals surface area contributed by atoms with E-state index in [0.29, 0.717) is 36.8 Å². The van der Waals surface area contributed by atoms with Crippen LogP contribution in [0.25, 0.3) is 0 Å². The number of ether oxygens (including phenoxy) is 2. The number of hydrogen-bond acceptors (Lipinski definition) is 4. The van der Waals surface area contributed by atoms with Crippen LogP contribution < -0.4 is 14.8 Å². The van der Waals surface area contributed by atoms with E-state index in [1.54, 1.807) is 18.2 Å². The van der Waals surface area contributed by atoms with Gasteiger partial charge < -0.3 is 14.8 Å². The summed E-state index contributed by atoms with van der Waals surface area (Å²) in [6.07, 6.45) is 0.792. The molecule has 0 saturated heterocycles. The van der Waals surface area contributed by atoms with Crippen LogP contribution in [0.1, 0.15) is 23.7 Å². The van der Waals surface area contributed by atoms with Crippen LogP contribution in [-0.4, -0.2) is 31.4 Å². The minimum atomic E-state index is -0.589. The second kappa shape index (κ2) is 5.53. The Hall–Kier alpha value is -2.04. The van der Waals surface area contributed by atoms with Crippen molar-refractivity contribution in [3.8, 4) is 11.5 Å². The van der Waals surface area contributed by atoms with E-state index in [-0.39, 0.29) is 0 Å². The lowest BCUT2D eigenvalue weighted by Crippen LogP contribution is -2.31. The van der Waals surface area contributed by atoms with Gasteiger partial charge in [0, 0.05) is 12.1 Å². The molecular formula is C13H15NO4. The molecule has 1 aromatic carbocycles. The quantitative estimate of drug-likeness (QED) is 0.642. The van der Waals surface area contributed by atoms with E-state index < -0.39 is 11.7 Å². The lowest BCUT2D eigenvalue weighted by molar-refractivity contribution is -0.116. The molecule has 1 amide bonds. The number of fused-ring (bicyclic) bond motifs is 1. The van der Waals surface area contributed by atoms with Crippen LogP contribution in [0.2, 0.25) is 0 Å². The number of rotatable bonds is 4. The first kappa shape index (κ1) is 12.4. The molecule has 1 heterocycles.